The molecule has 2 N–H and O–H groups in total. The van der Waals surface area contributed by atoms with Crippen molar-refractivity contribution in [3.05, 3.63) is 47.3 Å². The molecule has 128 valence electrons. The number of nitrogens with one attached hydrogen (secondary N) is 1. The third-order valence-electron chi connectivity index (χ3n) is 5.70. The van der Waals surface area contributed by atoms with Gasteiger partial charge in [-0.3, -0.25) is 9.99 Å². The van der Waals surface area contributed by atoms with Crippen molar-refractivity contribution >= 4 is 17.4 Å². The summed E-state index contributed by atoms with van der Waals surface area (Å²) in [7, 11) is 2.00. The summed E-state index contributed by atoms with van der Waals surface area (Å²) in [6.07, 6.45) is 11.6. The van der Waals surface area contributed by atoms with E-state index < -0.39 is 5.97 Å². The Labute approximate surface area is 145 Å². The molecule has 0 amide bonds. The van der Waals surface area contributed by atoms with Crippen LogP contribution in [0.5, 0.6) is 0 Å². The Bertz CT molecular complexity index is 853. The molecule has 0 aromatic carbocycles. The molecular formula is C19H20N4O2. The molecule has 25 heavy (non-hydrogen) atoms. The minimum Gasteiger partial charge on any atom is -0.478 e. The Morgan fingerprint density at radius 1 is 1.36 bits per heavy atom. The van der Waals surface area contributed by atoms with Gasteiger partial charge in [-0.1, -0.05) is 12.2 Å². The molecule has 3 atom stereocenters. The normalized spacial score (nSPS) is 29.6. The number of anilines is 1. The number of carboxylic acids is 1. The SMILES string of the molecule is CN1N=C2C=CC(C3CC3)=CC2C1C1Cc2nccc(C(=O)O)c2N1. The van der Waals surface area contributed by atoms with E-state index in [0.29, 0.717) is 11.3 Å². The quantitative estimate of drug-likeness (QED) is 0.886. The lowest BCUT2D eigenvalue weighted by Crippen LogP contribution is -2.44. The fourth-order valence-electron chi connectivity index (χ4n) is 4.35. The van der Waals surface area contributed by atoms with Crippen LogP contribution in [0, 0.1) is 11.8 Å². The van der Waals surface area contributed by atoms with Gasteiger partial charge in [0, 0.05) is 25.6 Å². The van der Waals surface area contributed by atoms with E-state index in [4.69, 9.17) is 5.10 Å². The number of hydrogen-bond acceptors (Lipinski definition) is 5. The van der Waals surface area contributed by atoms with Gasteiger partial charge >= 0.3 is 5.97 Å². The molecule has 2 aliphatic heterocycles. The highest BCUT2D eigenvalue weighted by molar-refractivity contribution is 6.01. The first-order valence-corrected chi connectivity index (χ1v) is 8.80. The fraction of sp³-hybridized carbons (Fsp3) is 0.421. The summed E-state index contributed by atoms with van der Waals surface area (Å²) < 4.78 is 0. The molecule has 6 heteroatoms. The Balaban J connectivity index is 1.45. The van der Waals surface area contributed by atoms with Gasteiger partial charge < -0.3 is 10.4 Å². The number of pyridine rings is 1. The molecule has 1 saturated carbocycles. The van der Waals surface area contributed by atoms with Gasteiger partial charge in [0.25, 0.3) is 0 Å². The molecule has 0 saturated heterocycles. The average molecular weight is 336 g/mol. The van der Waals surface area contributed by atoms with Crippen molar-refractivity contribution in [3.8, 4) is 0 Å². The Morgan fingerprint density at radius 3 is 2.96 bits per heavy atom. The molecule has 6 nitrogen and oxygen atoms in total. The lowest BCUT2D eigenvalue weighted by molar-refractivity contribution is 0.0698. The summed E-state index contributed by atoms with van der Waals surface area (Å²) >= 11 is 0. The standard InChI is InChI=1S/C19H20N4O2/c1-23-18(13-8-11(10-2-3-10)4-5-14(13)22-23)16-9-15-17(21-16)12(19(24)25)6-7-20-15/h4-8,10,13,16,18,21H,2-3,9H2,1H3,(H,24,25). The topological polar surface area (TPSA) is 77.8 Å². The van der Waals surface area contributed by atoms with Crippen LogP contribution in [-0.4, -0.2) is 45.9 Å². The van der Waals surface area contributed by atoms with Crippen LogP contribution in [0.1, 0.15) is 28.9 Å². The molecule has 1 aromatic heterocycles. The maximum atomic E-state index is 11.5. The predicted molar refractivity (Wildman–Crippen MR) is 94.7 cm³/mol. The zero-order chi connectivity index (χ0) is 17.1. The highest BCUT2D eigenvalue weighted by atomic mass is 16.4. The van der Waals surface area contributed by atoms with E-state index in [2.05, 4.69) is 28.5 Å². The number of carbonyl (C=O) groups is 1. The van der Waals surface area contributed by atoms with E-state index in [1.54, 1.807) is 12.3 Å². The largest absolute Gasteiger partial charge is 0.478 e. The molecule has 0 radical (unpaired) electrons. The summed E-state index contributed by atoms with van der Waals surface area (Å²) in [5, 5.41) is 19.6. The van der Waals surface area contributed by atoms with Crippen molar-refractivity contribution < 1.29 is 9.90 Å². The third-order valence-corrected chi connectivity index (χ3v) is 5.70. The van der Waals surface area contributed by atoms with E-state index in [1.807, 2.05) is 12.1 Å². The minimum atomic E-state index is -0.917. The van der Waals surface area contributed by atoms with Crippen molar-refractivity contribution in [1.82, 2.24) is 9.99 Å². The molecule has 1 fully saturated rings. The van der Waals surface area contributed by atoms with E-state index >= 15 is 0 Å². The van der Waals surface area contributed by atoms with Crippen LogP contribution >= 0.6 is 0 Å². The third kappa shape index (κ3) is 2.27. The zero-order valence-electron chi connectivity index (χ0n) is 14.0. The van der Waals surface area contributed by atoms with Gasteiger partial charge in [-0.15, -0.1) is 0 Å². The van der Waals surface area contributed by atoms with E-state index in [1.165, 1.54) is 18.4 Å². The van der Waals surface area contributed by atoms with Crippen LogP contribution in [0.3, 0.4) is 0 Å². The predicted octanol–water partition coefficient (Wildman–Crippen LogP) is 2.31. The summed E-state index contributed by atoms with van der Waals surface area (Å²) in [6.45, 7) is 0. The number of likely N-dealkylation sites (N-methyl/N-ethyl adjacent to an activating group) is 1. The van der Waals surface area contributed by atoms with Crippen molar-refractivity contribution in [2.75, 3.05) is 12.4 Å². The number of aromatic carboxylic acids is 1. The maximum Gasteiger partial charge on any atom is 0.337 e. The highest BCUT2D eigenvalue weighted by Gasteiger charge is 2.43. The molecule has 5 rings (SSSR count). The second kappa shape index (κ2) is 5.18. The van der Waals surface area contributed by atoms with Crippen molar-refractivity contribution in [1.29, 1.82) is 0 Å². The van der Waals surface area contributed by atoms with Crippen LogP contribution in [0.25, 0.3) is 0 Å². The number of rotatable bonds is 3. The van der Waals surface area contributed by atoms with Crippen molar-refractivity contribution in [2.45, 2.75) is 31.3 Å². The zero-order valence-corrected chi connectivity index (χ0v) is 14.0. The Hall–Kier alpha value is -2.63. The lowest BCUT2D eigenvalue weighted by atomic mass is 9.84. The van der Waals surface area contributed by atoms with Gasteiger partial charge in [-0.2, -0.15) is 5.10 Å². The summed E-state index contributed by atoms with van der Waals surface area (Å²) in [5.41, 5.74) is 4.33. The number of carboxylic acid groups (broad SMARTS) is 1. The van der Waals surface area contributed by atoms with Crippen LogP contribution in [0.15, 0.2) is 41.2 Å². The number of nitrogens with zero attached hydrogens (tertiary/aromatic N) is 3. The van der Waals surface area contributed by atoms with Gasteiger partial charge in [0.1, 0.15) is 0 Å². The first-order chi connectivity index (χ1) is 12.1. The first-order valence-electron chi connectivity index (χ1n) is 8.80. The lowest BCUT2D eigenvalue weighted by Gasteiger charge is -2.30. The van der Waals surface area contributed by atoms with E-state index in [0.717, 1.165) is 23.7 Å². The van der Waals surface area contributed by atoms with Crippen LogP contribution in [-0.2, 0) is 6.42 Å². The van der Waals surface area contributed by atoms with E-state index in [-0.39, 0.29) is 18.0 Å². The summed E-state index contributed by atoms with van der Waals surface area (Å²) in [5.74, 6) is 0.0593. The van der Waals surface area contributed by atoms with Gasteiger partial charge in [0.05, 0.1) is 34.7 Å². The number of hydrogen-bond donors (Lipinski definition) is 2. The van der Waals surface area contributed by atoms with Gasteiger partial charge in [-0.25, -0.2) is 4.79 Å². The van der Waals surface area contributed by atoms with Crippen LogP contribution in [0.2, 0.25) is 0 Å². The summed E-state index contributed by atoms with van der Waals surface area (Å²) in [6, 6.07) is 1.83. The highest BCUT2D eigenvalue weighted by Crippen LogP contribution is 2.42. The summed E-state index contributed by atoms with van der Waals surface area (Å²) in [4.78, 5) is 15.9. The molecule has 3 unspecified atom stereocenters. The smallest absolute Gasteiger partial charge is 0.337 e. The van der Waals surface area contributed by atoms with Crippen molar-refractivity contribution in [3.63, 3.8) is 0 Å². The molecule has 1 aromatic rings. The molecular weight excluding hydrogens is 316 g/mol. The number of aromatic nitrogens is 1. The first kappa shape index (κ1) is 14.7. The average Bonchev–Trinajstić information content (AvgIpc) is 3.26. The maximum absolute atomic E-state index is 11.5. The molecule has 0 bridgehead atoms. The molecule has 2 aliphatic carbocycles. The van der Waals surface area contributed by atoms with Gasteiger partial charge in [-0.05, 0) is 36.5 Å². The van der Waals surface area contributed by atoms with Gasteiger partial charge in [0.15, 0.2) is 0 Å². The van der Waals surface area contributed by atoms with Gasteiger partial charge in [0.2, 0.25) is 0 Å². The number of allylic oxidation sites excluding steroid dienone is 3. The number of hydrazone groups is 1. The second-order valence-corrected chi connectivity index (χ2v) is 7.33. The van der Waals surface area contributed by atoms with E-state index in [9.17, 15) is 9.90 Å². The molecule has 4 aliphatic rings. The second-order valence-electron chi connectivity index (χ2n) is 7.33. The Morgan fingerprint density at radius 2 is 2.20 bits per heavy atom. The number of fused-ring (bicyclic) bond motifs is 2. The Kier molecular flexibility index (Phi) is 3.04. The minimum absolute atomic E-state index is 0.0995. The monoisotopic (exact) mass is 336 g/mol. The van der Waals surface area contributed by atoms with Crippen LogP contribution in [0.4, 0.5) is 5.69 Å². The van der Waals surface area contributed by atoms with Crippen molar-refractivity contribution in [2.24, 2.45) is 16.9 Å². The van der Waals surface area contributed by atoms with Crippen LogP contribution < -0.4 is 5.32 Å². The molecule has 0 spiro atoms. The fourth-order valence-corrected chi connectivity index (χ4v) is 4.35. The molecule has 3 heterocycles.